The monoisotopic (exact) mass is 192 g/mol. The molecule has 2 aliphatic rings. The number of benzene rings is 1. The maximum absolute atomic E-state index is 3.94. The van der Waals surface area contributed by atoms with Gasteiger partial charge in [-0.25, -0.2) is 0 Å². The highest BCUT2D eigenvalue weighted by Gasteiger charge is 2.20. The third-order valence-corrected chi connectivity index (χ3v) is 3.00. The van der Waals surface area contributed by atoms with Gasteiger partial charge in [-0.3, -0.25) is 0 Å². The molecule has 0 amide bonds. The Hall–Kier alpha value is -1.82. The van der Waals surface area contributed by atoms with Crippen LogP contribution in [0.4, 0.5) is 0 Å². The topological polar surface area (TPSA) is 0 Å². The van der Waals surface area contributed by atoms with Gasteiger partial charge in [0.05, 0.1) is 0 Å². The smallest absolute Gasteiger partial charge is 0.0278 e. The average Bonchev–Trinajstić information content (AvgIpc) is 2.83. The zero-order valence-corrected chi connectivity index (χ0v) is 8.48. The van der Waals surface area contributed by atoms with Gasteiger partial charge in [0, 0.05) is 5.92 Å². The van der Waals surface area contributed by atoms with Crippen molar-refractivity contribution in [3.63, 3.8) is 0 Å². The number of rotatable bonds is 1. The van der Waals surface area contributed by atoms with E-state index in [1.54, 1.807) is 0 Å². The van der Waals surface area contributed by atoms with E-state index >= 15 is 0 Å². The van der Waals surface area contributed by atoms with Gasteiger partial charge < -0.3 is 0 Å². The molecule has 0 heteroatoms. The number of hydrogen-bond donors (Lipinski definition) is 0. The summed E-state index contributed by atoms with van der Waals surface area (Å²) in [6, 6.07) is 8.56. The van der Waals surface area contributed by atoms with Crippen LogP contribution in [0.3, 0.4) is 0 Å². The van der Waals surface area contributed by atoms with Crippen molar-refractivity contribution in [2.24, 2.45) is 0 Å². The Morgan fingerprint density at radius 3 is 2.67 bits per heavy atom. The first-order valence-corrected chi connectivity index (χ1v) is 5.20. The van der Waals surface area contributed by atoms with Crippen molar-refractivity contribution in [2.45, 2.75) is 5.92 Å². The fourth-order valence-electron chi connectivity index (χ4n) is 2.25. The normalized spacial score (nSPS) is 22.0. The predicted molar refractivity (Wildman–Crippen MR) is 64.6 cm³/mol. The van der Waals surface area contributed by atoms with Gasteiger partial charge >= 0.3 is 0 Å². The molecule has 0 saturated carbocycles. The van der Waals surface area contributed by atoms with Gasteiger partial charge in [-0.2, -0.15) is 0 Å². The van der Waals surface area contributed by atoms with Crippen LogP contribution >= 0.6 is 0 Å². The number of allylic oxidation sites excluding steroid dienone is 6. The third-order valence-electron chi connectivity index (χ3n) is 3.00. The molecular formula is C15H12. The Morgan fingerprint density at radius 2 is 1.87 bits per heavy atom. The zero-order valence-electron chi connectivity index (χ0n) is 8.48. The Morgan fingerprint density at radius 1 is 1.00 bits per heavy atom. The summed E-state index contributed by atoms with van der Waals surface area (Å²) in [5.74, 6) is 0.427. The largest absolute Gasteiger partial charge is 0.0918 e. The lowest BCUT2D eigenvalue weighted by Crippen LogP contribution is -1.94. The van der Waals surface area contributed by atoms with E-state index < -0.39 is 0 Å². The summed E-state index contributed by atoms with van der Waals surface area (Å²) >= 11 is 0. The summed E-state index contributed by atoms with van der Waals surface area (Å²) < 4.78 is 0. The van der Waals surface area contributed by atoms with Crippen LogP contribution in [0.5, 0.6) is 0 Å². The van der Waals surface area contributed by atoms with Crippen molar-refractivity contribution in [3.05, 3.63) is 77.4 Å². The summed E-state index contributed by atoms with van der Waals surface area (Å²) in [6.07, 6.45) is 10.9. The van der Waals surface area contributed by atoms with Crippen LogP contribution < -0.4 is 0 Å². The first-order chi connectivity index (χ1) is 7.34. The quantitative estimate of drug-likeness (QED) is 0.634. The maximum atomic E-state index is 3.94. The van der Waals surface area contributed by atoms with Gasteiger partial charge in [-0.1, -0.05) is 61.2 Å². The van der Waals surface area contributed by atoms with Gasteiger partial charge in [0.1, 0.15) is 0 Å². The molecule has 0 spiro atoms. The molecule has 0 radical (unpaired) electrons. The lowest BCUT2D eigenvalue weighted by atomic mass is 9.93. The van der Waals surface area contributed by atoms with Crippen LogP contribution in [-0.2, 0) is 0 Å². The van der Waals surface area contributed by atoms with E-state index in [-0.39, 0.29) is 0 Å². The van der Waals surface area contributed by atoms with E-state index in [0.717, 1.165) is 5.57 Å². The van der Waals surface area contributed by atoms with Crippen LogP contribution in [-0.4, -0.2) is 0 Å². The highest BCUT2D eigenvalue weighted by Crippen LogP contribution is 2.37. The van der Waals surface area contributed by atoms with Crippen molar-refractivity contribution < 1.29 is 0 Å². The molecule has 0 aliphatic heterocycles. The second kappa shape index (κ2) is 3.09. The molecule has 2 aliphatic carbocycles. The highest BCUT2D eigenvalue weighted by molar-refractivity contribution is 5.67. The SMILES string of the molecule is C=C1C=CC(C2C=Cc3ccccc32)=C1. The second-order valence-corrected chi connectivity index (χ2v) is 4.02. The zero-order chi connectivity index (χ0) is 10.3. The minimum Gasteiger partial charge on any atom is -0.0918 e. The standard InChI is InChI=1S/C15H12/c1-11-6-7-13(10-11)15-9-8-12-4-2-3-5-14(12)15/h2-10,15H,1H2. The summed E-state index contributed by atoms with van der Waals surface area (Å²) in [6.45, 7) is 3.94. The van der Waals surface area contributed by atoms with E-state index in [1.807, 2.05) is 0 Å². The van der Waals surface area contributed by atoms with Crippen molar-refractivity contribution in [1.29, 1.82) is 0 Å². The molecule has 0 saturated heterocycles. The first-order valence-electron chi connectivity index (χ1n) is 5.20. The van der Waals surface area contributed by atoms with Crippen LogP contribution in [0.1, 0.15) is 17.0 Å². The predicted octanol–water partition coefficient (Wildman–Crippen LogP) is 3.85. The second-order valence-electron chi connectivity index (χ2n) is 4.02. The summed E-state index contributed by atoms with van der Waals surface area (Å²) in [7, 11) is 0. The molecule has 1 unspecified atom stereocenters. The fraction of sp³-hybridized carbons (Fsp3) is 0.0667. The van der Waals surface area contributed by atoms with E-state index in [1.165, 1.54) is 16.7 Å². The number of fused-ring (bicyclic) bond motifs is 1. The van der Waals surface area contributed by atoms with Gasteiger partial charge in [-0.05, 0) is 22.3 Å². The summed E-state index contributed by atoms with van der Waals surface area (Å²) in [5, 5.41) is 0. The number of hydrogen-bond acceptors (Lipinski definition) is 0. The fourth-order valence-corrected chi connectivity index (χ4v) is 2.25. The van der Waals surface area contributed by atoms with E-state index in [9.17, 15) is 0 Å². The molecule has 0 fully saturated rings. The third kappa shape index (κ3) is 1.30. The first kappa shape index (κ1) is 8.49. The molecule has 15 heavy (non-hydrogen) atoms. The van der Waals surface area contributed by atoms with E-state index in [0.29, 0.717) is 5.92 Å². The Bertz CT molecular complexity index is 513. The van der Waals surface area contributed by atoms with Crippen molar-refractivity contribution >= 4 is 6.08 Å². The molecule has 0 N–H and O–H groups in total. The van der Waals surface area contributed by atoms with Gasteiger partial charge in [0.2, 0.25) is 0 Å². The average molecular weight is 192 g/mol. The summed E-state index contributed by atoms with van der Waals surface area (Å²) in [4.78, 5) is 0. The summed E-state index contributed by atoms with van der Waals surface area (Å²) in [5.41, 5.74) is 5.20. The molecule has 1 aromatic carbocycles. The van der Waals surface area contributed by atoms with Crippen molar-refractivity contribution in [2.75, 3.05) is 0 Å². The lowest BCUT2D eigenvalue weighted by molar-refractivity contribution is 1.06. The Labute approximate surface area is 89.9 Å². The van der Waals surface area contributed by atoms with E-state index in [4.69, 9.17) is 0 Å². The van der Waals surface area contributed by atoms with E-state index in [2.05, 4.69) is 61.2 Å². The minimum atomic E-state index is 0.427. The van der Waals surface area contributed by atoms with Gasteiger partial charge in [0.25, 0.3) is 0 Å². The molecule has 3 rings (SSSR count). The Kier molecular flexibility index (Phi) is 1.75. The van der Waals surface area contributed by atoms with Crippen LogP contribution in [0.25, 0.3) is 6.08 Å². The minimum absolute atomic E-state index is 0.427. The van der Waals surface area contributed by atoms with Gasteiger partial charge in [0.15, 0.2) is 0 Å². The molecular weight excluding hydrogens is 180 g/mol. The van der Waals surface area contributed by atoms with Crippen LogP contribution in [0.15, 0.2) is 66.3 Å². The molecule has 1 atom stereocenters. The van der Waals surface area contributed by atoms with Crippen molar-refractivity contribution in [3.8, 4) is 0 Å². The molecule has 0 aromatic heterocycles. The molecule has 0 bridgehead atoms. The molecule has 0 nitrogen and oxygen atoms in total. The molecule has 72 valence electrons. The maximum Gasteiger partial charge on any atom is 0.0278 e. The lowest BCUT2D eigenvalue weighted by Gasteiger charge is -2.10. The molecule has 1 aromatic rings. The van der Waals surface area contributed by atoms with Crippen molar-refractivity contribution in [1.82, 2.24) is 0 Å². The Balaban J connectivity index is 2.05. The van der Waals surface area contributed by atoms with Crippen LogP contribution in [0, 0.1) is 0 Å². The van der Waals surface area contributed by atoms with Crippen LogP contribution in [0.2, 0.25) is 0 Å². The highest BCUT2D eigenvalue weighted by atomic mass is 14.2. The molecule has 0 heterocycles. The van der Waals surface area contributed by atoms with Gasteiger partial charge in [-0.15, -0.1) is 0 Å².